The SMILES string of the molecule is CCNC(=O)C1(C)NC(C(F)(F)F)=C2C=NCCN21. The van der Waals surface area contributed by atoms with Gasteiger partial charge in [0.15, 0.2) is 5.66 Å². The molecule has 2 aliphatic heterocycles. The van der Waals surface area contributed by atoms with Crippen molar-refractivity contribution in [2.45, 2.75) is 25.7 Å². The number of halogens is 3. The normalized spacial score (nSPS) is 26.3. The van der Waals surface area contributed by atoms with Crippen molar-refractivity contribution < 1.29 is 18.0 Å². The first-order valence-corrected chi connectivity index (χ1v) is 5.96. The highest BCUT2D eigenvalue weighted by Gasteiger charge is 2.53. The topological polar surface area (TPSA) is 56.7 Å². The number of aliphatic imine (C=N–C) groups is 1. The fourth-order valence-corrected chi connectivity index (χ4v) is 2.27. The molecule has 106 valence electrons. The van der Waals surface area contributed by atoms with Crippen molar-refractivity contribution in [3.8, 4) is 0 Å². The summed E-state index contributed by atoms with van der Waals surface area (Å²) in [5, 5.41) is 4.86. The van der Waals surface area contributed by atoms with Gasteiger partial charge in [-0.05, 0) is 13.8 Å². The quantitative estimate of drug-likeness (QED) is 0.776. The number of allylic oxidation sites excluding steroid dienone is 2. The molecular weight excluding hydrogens is 261 g/mol. The van der Waals surface area contributed by atoms with E-state index in [1.54, 1.807) is 6.92 Å². The summed E-state index contributed by atoms with van der Waals surface area (Å²) in [5.74, 6) is -0.484. The van der Waals surface area contributed by atoms with Gasteiger partial charge in [-0.25, -0.2) is 0 Å². The summed E-state index contributed by atoms with van der Waals surface area (Å²) in [4.78, 5) is 17.3. The first-order valence-electron chi connectivity index (χ1n) is 5.96. The van der Waals surface area contributed by atoms with Gasteiger partial charge in [0.2, 0.25) is 0 Å². The van der Waals surface area contributed by atoms with Gasteiger partial charge < -0.3 is 15.5 Å². The molecule has 0 aromatic rings. The van der Waals surface area contributed by atoms with Crippen LogP contribution in [0, 0.1) is 0 Å². The number of rotatable bonds is 2. The number of carbonyl (C=O) groups excluding carboxylic acids is 1. The van der Waals surface area contributed by atoms with Crippen LogP contribution in [0.15, 0.2) is 16.4 Å². The molecule has 0 saturated carbocycles. The van der Waals surface area contributed by atoms with E-state index >= 15 is 0 Å². The van der Waals surface area contributed by atoms with Crippen LogP contribution in [0.3, 0.4) is 0 Å². The fraction of sp³-hybridized carbons (Fsp3) is 0.636. The third-order valence-corrected chi connectivity index (χ3v) is 3.18. The van der Waals surface area contributed by atoms with E-state index in [0.29, 0.717) is 13.1 Å². The van der Waals surface area contributed by atoms with Gasteiger partial charge in [0.05, 0.1) is 12.2 Å². The van der Waals surface area contributed by atoms with Gasteiger partial charge in [0, 0.05) is 19.3 Å². The first kappa shape index (κ1) is 13.7. The minimum atomic E-state index is -4.54. The third-order valence-electron chi connectivity index (χ3n) is 3.18. The van der Waals surface area contributed by atoms with Gasteiger partial charge >= 0.3 is 6.18 Å². The van der Waals surface area contributed by atoms with Crippen molar-refractivity contribution in [2.24, 2.45) is 4.99 Å². The zero-order valence-corrected chi connectivity index (χ0v) is 10.6. The van der Waals surface area contributed by atoms with Crippen LogP contribution in [-0.2, 0) is 4.79 Å². The van der Waals surface area contributed by atoms with Crippen LogP contribution < -0.4 is 10.6 Å². The molecular formula is C11H15F3N4O. The predicted molar refractivity (Wildman–Crippen MR) is 63.4 cm³/mol. The van der Waals surface area contributed by atoms with Gasteiger partial charge in [-0.15, -0.1) is 0 Å². The van der Waals surface area contributed by atoms with Crippen molar-refractivity contribution in [1.82, 2.24) is 15.5 Å². The lowest BCUT2D eigenvalue weighted by Crippen LogP contribution is -2.61. The second kappa shape index (κ2) is 4.43. The lowest BCUT2D eigenvalue weighted by atomic mass is 10.1. The number of carbonyl (C=O) groups is 1. The molecule has 0 fully saturated rings. The van der Waals surface area contributed by atoms with Gasteiger partial charge in [-0.2, -0.15) is 13.2 Å². The third kappa shape index (κ3) is 2.15. The molecule has 0 bridgehead atoms. The summed E-state index contributed by atoms with van der Waals surface area (Å²) >= 11 is 0. The summed E-state index contributed by atoms with van der Waals surface area (Å²) in [5.41, 5.74) is -2.42. The Morgan fingerprint density at radius 1 is 1.63 bits per heavy atom. The molecule has 2 N–H and O–H groups in total. The summed E-state index contributed by atoms with van der Waals surface area (Å²) in [6, 6.07) is 0. The van der Waals surface area contributed by atoms with Crippen LogP contribution in [0.1, 0.15) is 13.8 Å². The van der Waals surface area contributed by atoms with Crippen LogP contribution in [0.25, 0.3) is 0 Å². The van der Waals surface area contributed by atoms with Crippen LogP contribution in [0.5, 0.6) is 0 Å². The second-order valence-corrected chi connectivity index (χ2v) is 4.50. The minimum absolute atomic E-state index is 0.0764. The van der Waals surface area contributed by atoms with Crippen LogP contribution in [0.2, 0.25) is 0 Å². The Bertz CT molecular complexity index is 457. The molecule has 0 aliphatic carbocycles. The lowest BCUT2D eigenvalue weighted by Gasteiger charge is -2.37. The Balaban J connectivity index is 2.40. The zero-order valence-electron chi connectivity index (χ0n) is 10.6. The van der Waals surface area contributed by atoms with Crippen LogP contribution >= 0.6 is 0 Å². The lowest BCUT2D eigenvalue weighted by molar-refractivity contribution is -0.132. The van der Waals surface area contributed by atoms with E-state index in [1.807, 2.05) is 0 Å². The van der Waals surface area contributed by atoms with Crippen LogP contribution in [0.4, 0.5) is 13.2 Å². The average molecular weight is 276 g/mol. The van der Waals surface area contributed by atoms with Crippen molar-refractivity contribution >= 4 is 12.1 Å². The maximum absolute atomic E-state index is 13.0. The van der Waals surface area contributed by atoms with Gasteiger partial charge in [-0.1, -0.05) is 0 Å². The van der Waals surface area contributed by atoms with Crippen molar-refractivity contribution in [2.75, 3.05) is 19.6 Å². The first-order chi connectivity index (χ1) is 8.80. The van der Waals surface area contributed by atoms with Crippen molar-refractivity contribution in [3.63, 3.8) is 0 Å². The molecule has 0 spiro atoms. The molecule has 2 heterocycles. The number of nitrogens with zero attached hydrogens (tertiary/aromatic N) is 2. The highest BCUT2D eigenvalue weighted by molar-refractivity contribution is 5.91. The average Bonchev–Trinajstić information content (AvgIpc) is 2.65. The number of amides is 1. The molecule has 5 nitrogen and oxygen atoms in total. The molecule has 1 atom stereocenters. The smallest absolute Gasteiger partial charge is 0.353 e. The van der Waals surface area contributed by atoms with Gasteiger partial charge in [0.1, 0.15) is 5.70 Å². The molecule has 0 radical (unpaired) electrons. The van der Waals surface area contributed by atoms with E-state index in [0.717, 1.165) is 0 Å². The van der Waals surface area contributed by atoms with E-state index in [1.165, 1.54) is 18.0 Å². The zero-order chi connectivity index (χ0) is 14.3. The number of hydrogen-bond donors (Lipinski definition) is 2. The van der Waals surface area contributed by atoms with E-state index in [-0.39, 0.29) is 12.2 Å². The Kier molecular flexibility index (Phi) is 3.19. The standard InChI is InChI=1S/C11H15F3N4O/c1-3-16-9(19)10(2)17-8(11(12,13)14)7-6-15-4-5-18(7)10/h6,17H,3-5H2,1-2H3,(H,16,19). The van der Waals surface area contributed by atoms with E-state index in [2.05, 4.69) is 15.6 Å². The maximum Gasteiger partial charge on any atom is 0.433 e. The maximum atomic E-state index is 13.0. The molecule has 1 unspecified atom stereocenters. The molecule has 2 rings (SSSR count). The minimum Gasteiger partial charge on any atom is -0.353 e. The number of likely N-dealkylation sites (N-methyl/N-ethyl adjacent to an activating group) is 1. The predicted octanol–water partition coefficient (Wildman–Crippen LogP) is 0.602. The Morgan fingerprint density at radius 3 is 2.89 bits per heavy atom. The van der Waals surface area contributed by atoms with Gasteiger partial charge in [0.25, 0.3) is 5.91 Å². The number of fused-ring (bicyclic) bond motifs is 1. The Hall–Kier alpha value is -1.73. The molecule has 0 aromatic heterocycles. The molecule has 19 heavy (non-hydrogen) atoms. The van der Waals surface area contributed by atoms with E-state index in [4.69, 9.17) is 0 Å². The Labute approximate surface area is 108 Å². The highest BCUT2D eigenvalue weighted by Crippen LogP contribution is 2.37. The molecule has 0 aromatic carbocycles. The van der Waals surface area contributed by atoms with Gasteiger partial charge in [-0.3, -0.25) is 9.79 Å². The number of nitrogens with one attached hydrogen (secondary N) is 2. The van der Waals surface area contributed by atoms with Crippen molar-refractivity contribution in [1.29, 1.82) is 0 Å². The molecule has 0 saturated heterocycles. The summed E-state index contributed by atoms with van der Waals surface area (Å²) in [6.07, 6.45) is -3.37. The molecule has 8 heteroatoms. The van der Waals surface area contributed by atoms with E-state index < -0.39 is 23.4 Å². The Morgan fingerprint density at radius 2 is 2.32 bits per heavy atom. The summed E-state index contributed by atoms with van der Waals surface area (Å²) in [7, 11) is 0. The second-order valence-electron chi connectivity index (χ2n) is 4.50. The summed E-state index contributed by atoms with van der Waals surface area (Å²) < 4.78 is 39.0. The molecule has 1 amide bonds. The van der Waals surface area contributed by atoms with E-state index in [9.17, 15) is 18.0 Å². The largest absolute Gasteiger partial charge is 0.433 e. The number of alkyl halides is 3. The summed E-state index contributed by atoms with van der Waals surface area (Å²) in [6.45, 7) is 4.15. The highest BCUT2D eigenvalue weighted by atomic mass is 19.4. The molecule has 2 aliphatic rings. The van der Waals surface area contributed by atoms with Crippen LogP contribution in [-0.4, -0.2) is 48.5 Å². The van der Waals surface area contributed by atoms with Crippen molar-refractivity contribution in [3.05, 3.63) is 11.4 Å². The number of hydrogen-bond acceptors (Lipinski definition) is 4. The fourth-order valence-electron chi connectivity index (χ4n) is 2.27. The monoisotopic (exact) mass is 276 g/mol.